The van der Waals surface area contributed by atoms with Crippen LogP contribution in [0, 0.1) is 0 Å². The summed E-state index contributed by atoms with van der Waals surface area (Å²) in [5.41, 5.74) is 4.84. The molecule has 0 bridgehead atoms. The van der Waals surface area contributed by atoms with Crippen molar-refractivity contribution in [3.05, 3.63) is 0 Å². The summed E-state index contributed by atoms with van der Waals surface area (Å²) in [6.45, 7) is 2.35. The number of hydrogen-bond donors (Lipinski definition) is 5. The van der Waals surface area contributed by atoms with Crippen LogP contribution in [0.2, 0.25) is 0 Å². The number of carboxylic acid groups (broad SMARTS) is 1. The summed E-state index contributed by atoms with van der Waals surface area (Å²) < 4.78 is 0. The maximum absolute atomic E-state index is 11.4. The van der Waals surface area contributed by atoms with Crippen LogP contribution in [0.4, 0.5) is 9.59 Å². The molecular weight excluding hydrogens is 240 g/mol. The number of primary amides is 1. The number of nitrogens with two attached hydrogens (primary N) is 1. The van der Waals surface area contributed by atoms with Gasteiger partial charge in [0.25, 0.3) is 0 Å². The fourth-order valence-electron chi connectivity index (χ4n) is 1.38. The highest BCUT2D eigenvalue weighted by molar-refractivity contribution is 5.76. The van der Waals surface area contributed by atoms with Crippen molar-refractivity contribution in [1.82, 2.24) is 16.0 Å². The van der Waals surface area contributed by atoms with Crippen LogP contribution in [0.3, 0.4) is 0 Å². The van der Waals surface area contributed by atoms with E-state index in [4.69, 9.17) is 10.8 Å². The fraction of sp³-hybridized carbons (Fsp3) is 0.700. The van der Waals surface area contributed by atoms with Gasteiger partial charge < -0.3 is 26.8 Å². The van der Waals surface area contributed by atoms with Crippen molar-refractivity contribution in [2.24, 2.45) is 5.73 Å². The molecule has 0 radical (unpaired) electrons. The molecule has 8 heteroatoms. The maximum Gasteiger partial charge on any atom is 0.315 e. The quantitative estimate of drug-likeness (QED) is 0.379. The van der Waals surface area contributed by atoms with E-state index in [2.05, 4.69) is 16.0 Å². The molecule has 0 fully saturated rings. The van der Waals surface area contributed by atoms with Crippen LogP contribution in [0.25, 0.3) is 0 Å². The van der Waals surface area contributed by atoms with Crippen molar-refractivity contribution in [3.8, 4) is 0 Å². The second kappa shape index (κ2) is 9.08. The van der Waals surface area contributed by atoms with Crippen LogP contribution in [-0.4, -0.2) is 42.3 Å². The molecule has 0 aliphatic heterocycles. The standard InChI is InChI=1S/C10H20N4O4/c1-2-3-7(6-8(15)16)14-10(18)13-5-4-12-9(11)17/h7H,2-6H2,1H3,(H,15,16)(H3,11,12,17)(H2,13,14,18). The van der Waals surface area contributed by atoms with E-state index in [9.17, 15) is 14.4 Å². The first-order valence-electron chi connectivity index (χ1n) is 5.75. The van der Waals surface area contributed by atoms with Gasteiger partial charge in [0.1, 0.15) is 0 Å². The minimum Gasteiger partial charge on any atom is -0.481 e. The Balaban J connectivity index is 3.86. The summed E-state index contributed by atoms with van der Waals surface area (Å²) in [4.78, 5) is 32.3. The number of aliphatic carboxylic acids is 1. The number of urea groups is 2. The molecule has 0 spiro atoms. The minimum atomic E-state index is -0.954. The van der Waals surface area contributed by atoms with Crippen LogP contribution in [0.15, 0.2) is 0 Å². The Hall–Kier alpha value is -1.99. The fourth-order valence-corrected chi connectivity index (χ4v) is 1.38. The zero-order valence-electron chi connectivity index (χ0n) is 10.4. The van der Waals surface area contributed by atoms with E-state index in [-0.39, 0.29) is 19.5 Å². The largest absolute Gasteiger partial charge is 0.481 e. The first kappa shape index (κ1) is 16.0. The SMILES string of the molecule is CCCC(CC(=O)O)NC(=O)NCCNC(N)=O. The first-order chi connectivity index (χ1) is 8.45. The van der Waals surface area contributed by atoms with Gasteiger partial charge in [0.05, 0.1) is 6.42 Å². The van der Waals surface area contributed by atoms with Crippen molar-refractivity contribution >= 4 is 18.0 Å². The Morgan fingerprint density at radius 1 is 1.22 bits per heavy atom. The van der Waals surface area contributed by atoms with Crippen molar-refractivity contribution in [3.63, 3.8) is 0 Å². The second-order valence-corrected chi connectivity index (χ2v) is 3.77. The highest BCUT2D eigenvalue weighted by atomic mass is 16.4. The predicted molar refractivity (Wildman–Crippen MR) is 65.1 cm³/mol. The first-order valence-corrected chi connectivity index (χ1v) is 5.75. The van der Waals surface area contributed by atoms with Gasteiger partial charge in [0.2, 0.25) is 0 Å². The summed E-state index contributed by atoms with van der Waals surface area (Å²) in [6, 6.07) is -1.51. The molecular formula is C10H20N4O4. The third-order valence-corrected chi connectivity index (χ3v) is 2.10. The van der Waals surface area contributed by atoms with Crippen LogP contribution in [0.5, 0.6) is 0 Å². The van der Waals surface area contributed by atoms with E-state index in [1.54, 1.807) is 0 Å². The van der Waals surface area contributed by atoms with E-state index >= 15 is 0 Å². The maximum atomic E-state index is 11.4. The number of carbonyl (C=O) groups is 3. The molecule has 0 aliphatic carbocycles. The van der Waals surface area contributed by atoms with Gasteiger partial charge in [0, 0.05) is 19.1 Å². The molecule has 1 atom stereocenters. The Bertz CT molecular complexity index is 296. The van der Waals surface area contributed by atoms with Crippen molar-refractivity contribution in [1.29, 1.82) is 0 Å². The number of hydrogen-bond acceptors (Lipinski definition) is 3. The molecule has 0 rings (SSSR count). The molecule has 0 aromatic rings. The second-order valence-electron chi connectivity index (χ2n) is 3.77. The van der Waals surface area contributed by atoms with E-state index in [0.29, 0.717) is 6.42 Å². The molecule has 1 unspecified atom stereocenters. The molecule has 104 valence electrons. The van der Waals surface area contributed by atoms with E-state index in [1.165, 1.54) is 0 Å². The van der Waals surface area contributed by atoms with Crippen LogP contribution >= 0.6 is 0 Å². The highest BCUT2D eigenvalue weighted by Gasteiger charge is 2.14. The lowest BCUT2D eigenvalue weighted by Gasteiger charge is -2.16. The average molecular weight is 260 g/mol. The molecule has 6 N–H and O–H groups in total. The normalized spacial score (nSPS) is 11.4. The van der Waals surface area contributed by atoms with Crippen molar-refractivity contribution < 1.29 is 19.5 Å². The number of carboxylic acids is 1. The van der Waals surface area contributed by atoms with Crippen molar-refractivity contribution in [2.75, 3.05) is 13.1 Å². The monoisotopic (exact) mass is 260 g/mol. The van der Waals surface area contributed by atoms with E-state index < -0.39 is 24.1 Å². The molecule has 8 nitrogen and oxygen atoms in total. The molecule has 0 aromatic carbocycles. The summed E-state index contributed by atoms with van der Waals surface area (Å²) in [5.74, 6) is -0.954. The molecule has 18 heavy (non-hydrogen) atoms. The van der Waals surface area contributed by atoms with Crippen LogP contribution in [0.1, 0.15) is 26.2 Å². The Morgan fingerprint density at radius 2 is 1.83 bits per heavy atom. The molecule has 0 aromatic heterocycles. The molecule has 0 saturated heterocycles. The summed E-state index contributed by atoms with van der Waals surface area (Å²) in [6.07, 6.45) is 1.27. The average Bonchev–Trinajstić information content (AvgIpc) is 2.23. The predicted octanol–water partition coefficient (Wildman–Crippen LogP) is -0.403. The molecule has 4 amide bonds. The van der Waals surface area contributed by atoms with Gasteiger partial charge in [-0.1, -0.05) is 13.3 Å². The lowest BCUT2D eigenvalue weighted by molar-refractivity contribution is -0.137. The Kier molecular flexibility index (Phi) is 8.08. The van der Waals surface area contributed by atoms with Crippen molar-refractivity contribution in [2.45, 2.75) is 32.2 Å². The summed E-state index contributed by atoms with van der Waals surface area (Å²) >= 11 is 0. The van der Waals surface area contributed by atoms with Gasteiger partial charge >= 0.3 is 18.0 Å². The number of amides is 4. The van der Waals surface area contributed by atoms with Gasteiger partial charge in [-0.25, -0.2) is 9.59 Å². The van der Waals surface area contributed by atoms with Crippen LogP contribution < -0.4 is 21.7 Å². The van der Waals surface area contributed by atoms with Crippen LogP contribution in [-0.2, 0) is 4.79 Å². The number of carbonyl (C=O) groups excluding carboxylic acids is 2. The van der Waals surface area contributed by atoms with Gasteiger partial charge in [-0.15, -0.1) is 0 Å². The van der Waals surface area contributed by atoms with Gasteiger partial charge in [-0.3, -0.25) is 4.79 Å². The van der Waals surface area contributed by atoms with Gasteiger partial charge in [0.15, 0.2) is 0 Å². The summed E-state index contributed by atoms with van der Waals surface area (Å²) in [5, 5.41) is 16.0. The third-order valence-electron chi connectivity index (χ3n) is 2.10. The number of nitrogens with one attached hydrogen (secondary N) is 3. The highest BCUT2D eigenvalue weighted by Crippen LogP contribution is 2.01. The lowest BCUT2D eigenvalue weighted by Crippen LogP contribution is -2.45. The molecule has 0 saturated carbocycles. The molecule has 0 heterocycles. The number of rotatable bonds is 8. The smallest absolute Gasteiger partial charge is 0.315 e. The van der Waals surface area contributed by atoms with Gasteiger partial charge in [-0.05, 0) is 6.42 Å². The zero-order chi connectivity index (χ0) is 14.0. The third kappa shape index (κ3) is 9.25. The van der Waals surface area contributed by atoms with E-state index in [1.807, 2.05) is 6.92 Å². The van der Waals surface area contributed by atoms with Gasteiger partial charge in [-0.2, -0.15) is 0 Å². The Labute approximate surface area is 105 Å². The summed E-state index contributed by atoms with van der Waals surface area (Å²) in [7, 11) is 0. The molecule has 0 aliphatic rings. The van der Waals surface area contributed by atoms with E-state index in [0.717, 1.165) is 6.42 Å². The Morgan fingerprint density at radius 3 is 2.33 bits per heavy atom. The lowest BCUT2D eigenvalue weighted by atomic mass is 10.1. The zero-order valence-corrected chi connectivity index (χ0v) is 10.4. The minimum absolute atomic E-state index is 0.110. The topological polar surface area (TPSA) is 134 Å².